The molecule has 70 valence electrons. The quantitative estimate of drug-likeness (QED) is 0.725. The zero-order valence-electron chi connectivity index (χ0n) is 6.05. The van der Waals surface area contributed by atoms with Crippen molar-refractivity contribution < 1.29 is 8.42 Å². The van der Waals surface area contributed by atoms with Gasteiger partial charge in [-0.05, 0) is 0 Å². The van der Waals surface area contributed by atoms with E-state index in [4.69, 9.17) is 10.7 Å². The minimum atomic E-state index is -3.38. The van der Waals surface area contributed by atoms with Crippen LogP contribution in [-0.4, -0.2) is 23.7 Å². The second-order valence-electron chi connectivity index (χ2n) is 2.04. The summed E-state index contributed by atoms with van der Waals surface area (Å²) in [7, 11) is 1.61. The van der Waals surface area contributed by atoms with Crippen molar-refractivity contribution in [1.82, 2.24) is 9.55 Å². The van der Waals surface area contributed by atoms with Crippen LogP contribution in [0, 0.1) is 0 Å². The summed E-state index contributed by atoms with van der Waals surface area (Å²) in [6.45, 7) is 0.353. The predicted molar refractivity (Wildman–Crippen MR) is 49.1 cm³/mol. The third kappa shape index (κ3) is 4.58. The second-order valence-corrected chi connectivity index (χ2v) is 4.94. The molecule has 0 atom stereocenters. The number of aromatic nitrogens is 2. The highest BCUT2D eigenvalue weighted by atomic mass is 35.7. The summed E-state index contributed by atoms with van der Waals surface area (Å²) in [5, 5.41) is 0. The van der Waals surface area contributed by atoms with E-state index >= 15 is 0 Å². The summed E-state index contributed by atoms with van der Waals surface area (Å²) in [6, 6.07) is 0. The number of aryl methyl sites for hydroxylation is 1. The number of nitrogens with zero attached hydrogens (tertiary/aromatic N) is 2. The van der Waals surface area contributed by atoms with Crippen molar-refractivity contribution in [3.05, 3.63) is 18.7 Å². The van der Waals surface area contributed by atoms with Crippen molar-refractivity contribution in [3.63, 3.8) is 0 Å². The van der Waals surface area contributed by atoms with Gasteiger partial charge in [0.05, 0.1) is 12.1 Å². The Morgan fingerprint density at radius 2 is 2.17 bits per heavy atom. The van der Waals surface area contributed by atoms with Crippen LogP contribution in [0.3, 0.4) is 0 Å². The molecule has 0 saturated heterocycles. The molecule has 0 amide bonds. The van der Waals surface area contributed by atoms with Crippen molar-refractivity contribution in [2.75, 3.05) is 5.75 Å². The van der Waals surface area contributed by atoms with Crippen molar-refractivity contribution in [2.24, 2.45) is 0 Å². The van der Waals surface area contributed by atoms with Crippen LogP contribution in [0.25, 0.3) is 0 Å². The highest BCUT2D eigenvalue weighted by Crippen LogP contribution is 1.97. The van der Waals surface area contributed by atoms with Crippen LogP contribution in [0.2, 0.25) is 0 Å². The zero-order valence-corrected chi connectivity index (χ0v) is 8.44. The van der Waals surface area contributed by atoms with E-state index in [9.17, 15) is 8.42 Å². The fourth-order valence-electron chi connectivity index (χ4n) is 0.633. The fraction of sp³-hybridized carbons (Fsp3) is 0.400. The molecule has 0 N–H and O–H groups in total. The minimum absolute atomic E-state index is 0. The SMILES string of the molecule is Cl.O=S(=O)(Cl)CCn1ccnc1. The number of halogens is 2. The summed E-state index contributed by atoms with van der Waals surface area (Å²) < 4.78 is 22.6. The smallest absolute Gasteiger partial charge is 0.234 e. The molecule has 0 saturated carbocycles. The Morgan fingerprint density at radius 3 is 2.58 bits per heavy atom. The minimum Gasteiger partial charge on any atom is -0.336 e. The van der Waals surface area contributed by atoms with Crippen LogP contribution in [0.1, 0.15) is 0 Å². The first-order chi connectivity index (χ1) is 5.08. The van der Waals surface area contributed by atoms with Gasteiger partial charge in [-0.2, -0.15) is 0 Å². The van der Waals surface area contributed by atoms with Crippen LogP contribution in [-0.2, 0) is 15.6 Å². The molecule has 1 aromatic rings. The Balaban J connectivity index is 0.00000121. The molecule has 0 spiro atoms. The van der Waals surface area contributed by atoms with Gasteiger partial charge >= 0.3 is 0 Å². The second kappa shape index (κ2) is 4.69. The lowest BCUT2D eigenvalue weighted by Gasteiger charge is -1.96. The molecule has 12 heavy (non-hydrogen) atoms. The number of hydrogen-bond donors (Lipinski definition) is 0. The molecule has 4 nitrogen and oxygen atoms in total. The lowest BCUT2D eigenvalue weighted by Crippen LogP contribution is -2.05. The van der Waals surface area contributed by atoms with E-state index in [1.807, 2.05) is 0 Å². The Hall–Kier alpha value is -0.260. The highest BCUT2D eigenvalue weighted by molar-refractivity contribution is 8.13. The summed E-state index contributed by atoms with van der Waals surface area (Å²) in [5.41, 5.74) is 0. The van der Waals surface area contributed by atoms with Crippen molar-refractivity contribution in [1.29, 1.82) is 0 Å². The van der Waals surface area contributed by atoms with Gasteiger partial charge in [-0.25, -0.2) is 13.4 Å². The topological polar surface area (TPSA) is 52.0 Å². The van der Waals surface area contributed by atoms with Crippen molar-refractivity contribution in [3.8, 4) is 0 Å². The third-order valence-electron chi connectivity index (χ3n) is 1.15. The molecule has 1 heterocycles. The Bertz CT molecular complexity index is 308. The van der Waals surface area contributed by atoms with Crippen LogP contribution >= 0.6 is 23.1 Å². The zero-order chi connectivity index (χ0) is 8.32. The molecule has 0 bridgehead atoms. The molecule has 0 unspecified atom stereocenters. The van der Waals surface area contributed by atoms with Gasteiger partial charge in [-0.1, -0.05) is 0 Å². The first kappa shape index (κ1) is 11.7. The number of rotatable bonds is 3. The Labute approximate surface area is 81.4 Å². The monoisotopic (exact) mass is 230 g/mol. The summed E-state index contributed by atoms with van der Waals surface area (Å²) in [5.74, 6) is -0.0646. The van der Waals surface area contributed by atoms with Crippen LogP contribution in [0.15, 0.2) is 18.7 Å². The molecule has 0 aliphatic carbocycles. The average molecular weight is 231 g/mol. The van der Waals surface area contributed by atoms with E-state index in [-0.39, 0.29) is 18.2 Å². The third-order valence-corrected chi connectivity index (χ3v) is 2.29. The standard InChI is InChI=1S/C5H7ClN2O2S.ClH/c6-11(9,10)4-3-8-2-1-7-5-8;/h1-2,5H,3-4H2;1H. The molecule has 0 aliphatic rings. The van der Waals surface area contributed by atoms with Gasteiger partial charge in [0.15, 0.2) is 0 Å². The van der Waals surface area contributed by atoms with Gasteiger partial charge in [-0.3, -0.25) is 0 Å². The van der Waals surface area contributed by atoms with E-state index < -0.39 is 9.05 Å². The van der Waals surface area contributed by atoms with E-state index in [1.54, 1.807) is 23.3 Å². The Kier molecular flexibility index (Phi) is 4.59. The molecule has 7 heteroatoms. The summed E-state index contributed by atoms with van der Waals surface area (Å²) in [4.78, 5) is 3.75. The number of hydrogen-bond acceptors (Lipinski definition) is 3. The Morgan fingerprint density at radius 1 is 1.50 bits per heavy atom. The normalized spacial score (nSPS) is 10.8. The molecule has 0 fully saturated rings. The molecular weight excluding hydrogens is 223 g/mol. The van der Waals surface area contributed by atoms with Crippen molar-refractivity contribution >= 4 is 32.1 Å². The van der Waals surface area contributed by atoms with Crippen LogP contribution in [0.5, 0.6) is 0 Å². The first-order valence-electron chi connectivity index (χ1n) is 2.96. The van der Waals surface area contributed by atoms with Crippen LogP contribution < -0.4 is 0 Å². The molecule has 1 aromatic heterocycles. The van der Waals surface area contributed by atoms with E-state index in [2.05, 4.69) is 4.98 Å². The maximum atomic E-state index is 10.5. The fourth-order valence-corrected chi connectivity index (χ4v) is 1.27. The maximum Gasteiger partial charge on any atom is 0.234 e. The average Bonchev–Trinajstić information content (AvgIpc) is 2.32. The van der Waals surface area contributed by atoms with Gasteiger partial charge in [0, 0.05) is 29.6 Å². The molecule has 0 aromatic carbocycles. The van der Waals surface area contributed by atoms with Gasteiger partial charge in [-0.15, -0.1) is 12.4 Å². The molecule has 0 aliphatic heterocycles. The highest BCUT2D eigenvalue weighted by Gasteiger charge is 2.03. The lowest BCUT2D eigenvalue weighted by atomic mass is 10.7. The predicted octanol–water partition coefficient (Wildman–Crippen LogP) is 0.873. The van der Waals surface area contributed by atoms with Crippen molar-refractivity contribution in [2.45, 2.75) is 6.54 Å². The van der Waals surface area contributed by atoms with E-state index in [0.29, 0.717) is 6.54 Å². The van der Waals surface area contributed by atoms with E-state index in [1.165, 1.54) is 0 Å². The molecule has 0 radical (unpaired) electrons. The largest absolute Gasteiger partial charge is 0.336 e. The summed E-state index contributed by atoms with van der Waals surface area (Å²) in [6.07, 6.45) is 4.81. The van der Waals surface area contributed by atoms with Gasteiger partial charge in [0.2, 0.25) is 9.05 Å². The first-order valence-corrected chi connectivity index (χ1v) is 5.44. The maximum absolute atomic E-state index is 10.5. The molecule has 1 rings (SSSR count). The van der Waals surface area contributed by atoms with Gasteiger partial charge in [0.1, 0.15) is 0 Å². The van der Waals surface area contributed by atoms with Gasteiger partial charge in [0.25, 0.3) is 0 Å². The number of imidazole rings is 1. The van der Waals surface area contributed by atoms with Gasteiger partial charge < -0.3 is 4.57 Å². The van der Waals surface area contributed by atoms with E-state index in [0.717, 1.165) is 0 Å². The summed E-state index contributed by atoms with van der Waals surface area (Å²) >= 11 is 0. The lowest BCUT2D eigenvalue weighted by molar-refractivity contribution is 0.602. The van der Waals surface area contributed by atoms with Crippen LogP contribution in [0.4, 0.5) is 0 Å². The molecular formula is C5H8Cl2N2O2S.